The molecule has 0 amide bonds. The zero-order valence-electron chi connectivity index (χ0n) is 10.1. The Balaban J connectivity index is 2.62. The Kier molecular flexibility index (Phi) is 6.03. The predicted octanol–water partition coefficient (Wildman–Crippen LogP) is 2.10. The van der Waals surface area contributed by atoms with Crippen molar-refractivity contribution in [3.05, 3.63) is 35.4 Å². The lowest BCUT2D eigenvalue weighted by atomic mass is 10.0. The molecular formula is C14H14O3S. The van der Waals surface area contributed by atoms with Crippen LogP contribution in [0.5, 0.6) is 0 Å². The van der Waals surface area contributed by atoms with Gasteiger partial charge in [-0.25, -0.2) is 0 Å². The molecule has 0 saturated heterocycles. The van der Waals surface area contributed by atoms with Crippen LogP contribution in [0.15, 0.2) is 24.3 Å². The molecule has 0 fully saturated rings. The third kappa shape index (κ3) is 4.64. The van der Waals surface area contributed by atoms with Crippen molar-refractivity contribution in [3.8, 4) is 11.8 Å². The Hall–Kier alpha value is -1.73. The van der Waals surface area contributed by atoms with Crippen molar-refractivity contribution in [2.24, 2.45) is 0 Å². The summed E-state index contributed by atoms with van der Waals surface area (Å²) >= 11 is 3.99. The average Bonchev–Trinajstić information content (AvgIpc) is 2.42. The first-order valence-electron chi connectivity index (χ1n) is 5.47. The fraction of sp³-hybridized carbons (Fsp3) is 0.286. The van der Waals surface area contributed by atoms with Crippen LogP contribution in [0.3, 0.4) is 0 Å². The Morgan fingerprint density at radius 3 is 2.44 bits per heavy atom. The molecular weight excluding hydrogens is 248 g/mol. The van der Waals surface area contributed by atoms with Gasteiger partial charge in [0.2, 0.25) is 0 Å². The van der Waals surface area contributed by atoms with E-state index in [4.69, 9.17) is 0 Å². The fourth-order valence-corrected chi connectivity index (χ4v) is 1.42. The first kappa shape index (κ1) is 14.3. The van der Waals surface area contributed by atoms with Gasteiger partial charge in [-0.2, -0.15) is 12.6 Å². The van der Waals surface area contributed by atoms with Crippen LogP contribution in [-0.2, 0) is 9.53 Å². The fourth-order valence-electron chi connectivity index (χ4n) is 1.34. The summed E-state index contributed by atoms with van der Waals surface area (Å²) < 4.78 is 4.48. The highest BCUT2D eigenvalue weighted by atomic mass is 32.1. The van der Waals surface area contributed by atoms with Gasteiger partial charge in [0.05, 0.1) is 19.3 Å². The molecule has 0 unspecified atom stereocenters. The number of hydrogen-bond acceptors (Lipinski definition) is 4. The zero-order valence-corrected chi connectivity index (χ0v) is 11.0. The maximum atomic E-state index is 11.7. The summed E-state index contributed by atoms with van der Waals surface area (Å²) in [6.45, 7) is 0. The van der Waals surface area contributed by atoms with E-state index in [2.05, 4.69) is 29.2 Å². The van der Waals surface area contributed by atoms with Crippen molar-refractivity contribution in [1.29, 1.82) is 0 Å². The Morgan fingerprint density at radius 1 is 1.22 bits per heavy atom. The number of esters is 1. The number of benzene rings is 1. The number of rotatable bonds is 4. The maximum Gasteiger partial charge on any atom is 0.305 e. The van der Waals surface area contributed by atoms with Crippen molar-refractivity contribution < 1.29 is 14.3 Å². The third-order valence-corrected chi connectivity index (χ3v) is 2.46. The minimum absolute atomic E-state index is 0.0749. The smallest absolute Gasteiger partial charge is 0.305 e. The highest BCUT2D eigenvalue weighted by Gasteiger charge is 2.08. The minimum atomic E-state index is -0.375. The molecule has 0 aromatic heterocycles. The quantitative estimate of drug-likeness (QED) is 0.391. The van der Waals surface area contributed by atoms with E-state index < -0.39 is 0 Å². The molecule has 0 bridgehead atoms. The number of ether oxygens (including phenoxy) is 1. The summed E-state index contributed by atoms with van der Waals surface area (Å²) in [4.78, 5) is 22.7. The molecule has 0 aliphatic carbocycles. The van der Waals surface area contributed by atoms with E-state index >= 15 is 0 Å². The molecule has 4 heteroatoms. The van der Waals surface area contributed by atoms with Crippen LogP contribution >= 0.6 is 12.6 Å². The Bertz CT molecular complexity index is 480. The van der Waals surface area contributed by atoms with Gasteiger partial charge in [0, 0.05) is 17.5 Å². The van der Waals surface area contributed by atoms with E-state index in [0.717, 1.165) is 5.56 Å². The third-order valence-electron chi connectivity index (χ3n) is 2.30. The summed E-state index contributed by atoms with van der Waals surface area (Å²) in [5.74, 6) is 5.79. The van der Waals surface area contributed by atoms with Crippen LogP contribution in [0.4, 0.5) is 0 Å². The molecule has 0 saturated carbocycles. The van der Waals surface area contributed by atoms with E-state index in [1.165, 1.54) is 7.11 Å². The number of thiol groups is 1. The largest absolute Gasteiger partial charge is 0.469 e. The molecule has 0 N–H and O–H groups in total. The molecule has 1 aromatic rings. The lowest BCUT2D eigenvalue weighted by Crippen LogP contribution is -2.05. The molecule has 0 radical (unpaired) electrons. The van der Waals surface area contributed by atoms with Crippen LogP contribution in [0.2, 0.25) is 0 Å². The number of carbonyl (C=O) groups is 2. The lowest BCUT2D eigenvalue weighted by molar-refractivity contribution is -0.140. The van der Waals surface area contributed by atoms with Crippen molar-refractivity contribution in [1.82, 2.24) is 0 Å². The summed E-state index contributed by atoms with van der Waals surface area (Å²) in [7, 11) is 1.31. The number of carbonyl (C=O) groups excluding carboxylic acids is 2. The highest BCUT2D eigenvalue weighted by molar-refractivity contribution is 7.80. The lowest BCUT2D eigenvalue weighted by Gasteiger charge is -2.00. The number of Topliss-reactive ketones (excluding diaryl/α,β-unsaturated/α-hetero) is 1. The van der Waals surface area contributed by atoms with Crippen LogP contribution < -0.4 is 0 Å². The molecule has 0 heterocycles. The maximum absolute atomic E-state index is 11.7. The van der Waals surface area contributed by atoms with Crippen LogP contribution in [0.1, 0.15) is 28.8 Å². The van der Waals surface area contributed by atoms with Crippen molar-refractivity contribution in [3.63, 3.8) is 0 Å². The van der Waals surface area contributed by atoms with Gasteiger partial charge in [-0.1, -0.05) is 24.0 Å². The van der Waals surface area contributed by atoms with Gasteiger partial charge >= 0.3 is 5.97 Å². The number of hydrogen-bond donors (Lipinski definition) is 1. The SMILES string of the molecule is COC(=O)CCC(=O)c1ccc(C#CCS)cc1. The molecule has 0 spiro atoms. The van der Waals surface area contributed by atoms with Gasteiger partial charge in [-0.3, -0.25) is 9.59 Å². The summed E-state index contributed by atoms with van der Waals surface area (Å²) in [5.41, 5.74) is 1.42. The van der Waals surface area contributed by atoms with Gasteiger partial charge in [0.1, 0.15) is 0 Å². The first-order chi connectivity index (χ1) is 8.67. The van der Waals surface area contributed by atoms with Crippen molar-refractivity contribution in [2.75, 3.05) is 12.9 Å². The molecule has 0 aliphatic heterocycles. The van der Waals surface area contributed by atoms with E-state index in [1.54, 1.807) is 24.3 Å². The van der Waals surface area contributed by atoms with E-state index in [1.807, 2.05) is 0 Å². The molecule has 3 nitrogen and oxygen atoms in total. The predicted molar refractivity (Wildman–Crippen MR) is 72.8 cm³/mol. The molecule has 0 aliphatic rings. The monoisotopic (exact) mass is 262 g/mol. The second-order valence-corrected chi connectivity index (χ2v) is 3.85. The van der Waals surface area contributed by atoms with Gasteiger partial charge in [-0.15, -0.1) is 0 Å². The van der Waals surface area contributed by atoms with E-state index in [0.29, 0.717) is 11.3 Å². The highest BCUT2D eigenvalue weighted by Crippen LogP contribution is 2.08. The molecule has 1 rings (SSSR count). The Morgan fingerprint density at radius 2 is 1.89 bits per heavy atom. The summed E-state index contributed by atoms with van der Waals surface area (Å²) in [6.07, 6.45) is 0.269. The molecule has 0 atom stereocenters. The number of ketones is 1. The Labute approximate surface area is 112 Å². The summed E-state index contributed by atoms with van der Waals surface area (Å²) in [6, 6.07) is 6.98. The average molecular weight is 262 g/mol. The standard InChI is InChI=1S/C14H14O3S/c1-17-14(16)9-8-13(15)12-6-4-11(5-7-12)3-2-10-18/h4-7,18H,8-10H2,1H3. The molecule has 18 heavy (non-hydrogen) atoms. The molecule has 94 valence electrons. The van der Waals surface area contributed by atoms with Crippen molar-refractivity contribution in [2.45, 2.75) is 12.8 Å². The van der Waals surface area contributed by atoms with Crippen LogP contribution in [-0.4, -0.2) is 24.6 Å². The van der Waals surface area contributed by atoms with Gasteiger partial charge in [0.25, 0.3) is 0 Å². The van der Waals surface area contributed by atoms with E-state index in [-0.39, 0.29) is 24.6 Å². The zero-order chi connectivity index (χ0) is 13.4. The van der Waals surface area contributed by atoms with Crippen LogP contribution in [0, 0.1) is 11.8 Å². The first-order valence-corrected chi connectivity index (χ1v) is 6.10. The van der Waals surface area contributed by atoms with E-state index in [9.17, 15) is 9.59 Å². The second kappa shape index (κ2) is 7.57. The second-order valence-electron chi connectivity index (χ2n) is 3.54. The topological polar surface area (TPSA) is 43.4 Å². The normalized spacial score (nSPS) is 9.22. The van der Waals surface area contributed by atoms with Crippen LogP contribution in [0.25, 0.3) is 0 Å². The molecule has 1 aromatic carbocycles. The minimum Gasteiger partial charge on any atom is -0.469 e. The number of methoxy groups -OCH3 is 1. The van der Waals surface area contributed by atoms with Gasteiger partial charge in [-0.05, 0) is 12.1 Å². The van der Waals surface area contributed by atoms with Gasteiger partial charge in [0.15, 0.2) is 5.78 Å². The van der Waals surface area contributed by atoms with Gasteiger partial charge < -0.3 is 4.74 Å². The van der Waals surface area contributed by atoms with Crippen molar-refractivity contribution >= 4 is 24.4 Å². The summed E-state index contributed by atoms with van der Waals surface area (Å²) in [5, 5.41) is 0.